The number of halogens is 3. The highest BCUT2D eigenvalue weighted by molar-refractivity contribution is 6.33. The van der Waals surface area contributed by atoms with Crippen molar-refractivity contribution < 1.29 is 18.3 Å². The highest BCUT2D eigenvalue weighted by Gasteiger charge is 2.18. The van der Waals surface area contributed by atoms with Gasteiger partial charge in [0.2, 0.25) is 0 Å². The number of aromatic nitrogens is 1. The summed E-state index contributed by atoms with van der Waals surface area (Å²) in [5.74, 6) is -1.96. The lowest BCUT2D eigenvalue weighted by molar-refractivity contribution is 0.101. The molecule has 0 radical (unpaired) electrons. The standard InChI is InChI=1S/C20H13ClF2N2O2/c21-14-8-11-6-7-27-18(11)9-13(14)17-5-4-12(10-24-17)25-20(26)19-15(22)2-1-3-16(19)23/h1-5,8-10H,6-7H2,(H,25,26). The summed E-state index contributed by atoms with van der Waals surface area (Å²) < 4.78 is 32.9. The molecule has 0 spiro atoms. The third-order valence-corrected chi connectivity index (χ3v) is 4.58. The molecule has 3 aromatic rings. The van der Waals surface area contributed by atoms with Crippen molar-refractivity contribution in [2.24, 2.45) is 0 Å². The van der Waals surface area contributed by atoms with Crippen LogP contribution in [0.2, 0.25) is 5.02 Å². The monoisotopic (exact) mass is 386 g/mol. The molecule has 0 aliphatic carbocycles. The average molecular weight is 387 g/mol. The van der Waals surface area contributed by atoms with E-state index in [9.17, 15) is 13.6 Å². The Morgan fingerprint density at radius 2 is 1.93 bits per heavy atom. The lowest BCUT2D eigenvalue weighted by atomic mass is 10.1. The molecule has 1 aliphatic rings. The minimum Gasteiger partial charge on any atom is -0.493 e. The minimum atomic E-state index is -0.929. The molecule has 0 atom stereocenters. The molecule has 0 unspecified atom stereocenters. The average Bonchev–Trinajstić information content (AvgIpc) is 3.09. The van der Waals surface area contributed by atoms with Crippen molar-refractivity contribution in [3.63, 3.8) is 0 Å². The molecule has 4 nitrogen and oxygen atoms in total. The Balaban J connectivity index is 1.57. The van der Waals surface area contributed by atoms with Crippen LogP contribution in [0.1, 0.15) is 15.9 Å². The normalized spacial score (nSPS) is 12.4. The SMILES string of the molecule is O=C(Nc1ccc(-c2cc3c(cc2Cl)CCO3)nc1)c1c(F)cccc1F. The third-order valence-electron chi connectivity index (χ3n) is 4.27. The van der Waals surface area contributed by atoms with E-state index >= 15 is 0 Å². The first-order chi connectivity index (χ1) is 13.0. The number of fused-ring (bicyclic) bond motifs is 1. The van der Waals surface area contributed by atoms with Gasteiger partial charge in [-0.1, -0.05) is 17.7 Å². The number of nitrogens with zero attached hydrogens (tertiary/aromatic N) is 1. The van der Waals surface area contributed by atoms with Gasteiger partial charge in [0.15, 0.2) is 0 Å². The zero-order valence-electron chi connectivity index (χ0n) is 13.9. The van der Waals surface area contributed by atoms with Crippen LogP contribution < -0.4 is 10.1 Å². The number of hydrogen-bond donors (Lipinski definition) is 1. The Hall–Kier alpha value is -2.99. The van der Waals surface area contributed by atoms with Gasteiger partial charge in [-0.15, -0.1) is 0 Å². The Bertz CT molecular complexity index is 1020. The van der Waals surface area contributed by atoms with Crippen molar-refractivity contribution in [3.05, 3.63) is 76.4 Å². The number of carbonyl (C=O) groups is 1. The van der Waals surface area contributed by atoms with Gasteiger partial charge in [0.05, 0.1) is 29.2 Å². The van der Waals surface area contributed by atoms with E-state index in [0.29, 0.717) is 28.6 Å². The van der Waals surface area contributed by atoms with E-state index in [0.717, 1.165) is 29.9 Å². The Morgan fingerprint density at radius 1 is 1.15 bits per heavy atom. The third kappa shape index (κ3) is 3.36. The van der Waals surface area contributed by atoms with Gasteiger partial charge in [-0.05, 0) is 42.0 Å². The van der Waals surface area contributed by atoms with Crippen LogP contribution in [0, 0.1) is 11.6 Å². The number of rotatable bonds is 3. The van der Waals surface area contributed by atoms with E-state index < -0.39 is 23.1 Å². The highest BCUT2D eigenvalue weighted by Crippen LogP contribution is 2.36. The molecule has 7 heteroatoms. The van der Waals surface area contributed by atoms with Crippen molar-refractivity contribution in [3.8, 4) is 17.0 Å². The predicted octanol–water partition coefficient (Wildman–Crippen LogP) is 4.87. The molecule has 0 bridgehead atoms. The van der Waals surface area contributed by atoms with Crippen molar-refractivity contribution in [1.29, 1.82) is 0 Å². The molecule has 2 aromatic carbocycles. The second kappa shape index (κ2) is 6.96. The Kier molecular flexibility index (Phi) is 4.49. The summed E-state index contributed by atoms with van der Waals surface area (Å²) in [4.78, 5) is 16.4. The zero-order valence-corrected chi connectivity index (χ0v) is 14.7. The van der Waals surface area contributed by atoms with Gasteiger partial charge >= 0.3 is 0 Å². The molecular formula is C20H13ClF2N2O2. The molecule has 1 N–H and O–H groups in total. The van der Waals surface area contributed by atoms with Gasteiger partial charge in [-0.25, -0.2) is 8.78 Å². The number of nitrogens with one attached hydrogen (secondary N) is 1. The first kappa shape index (κ1) is 17.4. The molecule has 0 fully saturated rings. The fourth-order valence-corrected chi connectivity index (χ4v) is 3.21. The number of amides is 1. The van der Waals surface area contributed by atoms with E-state index in [2.05, 4.69) is 10.3 Å². The molecule has 1 aliphatic heterocycles. The quantitative estimate of drug-likeness (QED) is 0.698. The van der Waals surface area contributed by atoms with Crippen molar-refractivity contribution in [2.75, 3.05) is 11.9 Å². The van der Waals surface area contributed by atoms with E-state index in [-0.39, 0.29) is 0 Å². The van der Waals surface area contributed by atoms with Crippen LogP contribution in [0.5, 0.6) is 5.75 Å². The topological polar surface area (TPSA) is 51.2 Å². The molecule has 27 heavy (non-hydrogen) atoms. The molecule has 0 saturated heterocycles. The van der Waals surface area contributed by atoms with Crippen LogP contribution >= 0.6 is 11.6 Å². The van der Waals surface area contributed by atoms with Crippen LogP contribution in [0.25, 0.3) is 11.3 Å². The summed E-state index contributed by atoms with van der Waals surface area (Å²) in [5.41, 5.74) is 2.02. The predicted molar refractivity (Wildman–Crippen MR) is 98.2 cm³/mol. The van der Waals surface area contributed by atoms with E-state index in [1.54, 1.807) is 12.1 Å². The number of benzene rings is 2. The molecule has 0 saturated carbocycles. The van der Waals surface area contributed by atoms with Crippen LogP contribution in [-0.4, -0.2) is 17.5 Å². The van der Waals surface area contributed by atoms with Gasteiger partial charge in [0.25, 0.3) is 5.91 Å². The molecule has 4 rings (SSSR count). The Morgan fingerprint density at radius 3 is 2.63 bits per heavy atom. The summed E-state index contributed by atoms with van der Waals surface area (Å²) >= 11 is 6.33. The van der Waals surface area contributed by atoms with Gasteiger partial charge in [0.1, 0.15) is 22.9 Å². The van der Waals surface area contributed by atoms with Gasteiger partial charge in [0, 0.05) is 12.0 Å². The van der Waals surface area contributed by atoms with E-state index in [1.807, 2.05) is 12.1 Å². The summed E-state index contributed by atoms with van der Waals surface area (Å²) in [5, 5.41) is 2.99. The van der Waals surface area contributed by atoms with Crippen molar-refractivity contribution >= 4 is 23.2 Å². The maximum atomic E-state index is 13.7. The second-order valence-electron chi connectivity index (χ2n) is 6.02. The van der Waals surface area contributed by atoms with E-state index in [1.165, 1.54) is 12.3 Å². The van der Waals surface area contributed by atoms with Gasteiger partial charge < -0.3 is 10.1 Å². The fraction of sp³-hybridized carbons (Fsp3) is 0.100. The highest BCUT2D eigenvalue weighted by atomic mass is 35.5. The first-order valence-corrected chi connectivity index (χ1v) is 8.58. The minimum absolute atomic E-state index is 0.305. The number of pyridine rings is 1. The van der Waals surface area contributed by atoms with Crippen LogP contribution in [0.15, 0.2) is 48.7 Å². The van der Waals surface area contributed by atoms with Gasteiger partial charge in [-0.3, -0.25) is 9.78 Å². The Labute approximate surface area is 158 Å². The molecule has 1 amide bonds. The van der Waals surface area contributed by atoms with E-state index in [4.69, 9.17) is 16.3 Å². The number of ether oxygens (including phenoxy) is 1. The lowest BCUT2D eigenvalue weighted by Gasteiger charge is -2.09. The molecule has 1 aromatic heterocycles. The lowest BCUT2D eigenvalue weighted by Crippen LogP contribution is -2.15. The summed E-state index contributed by atoms with van der Waals surface area (Å²) in [6.45, 7) is 0.625. The van der Waals surface area contributed by atoms with Crippen molar-refractivity contribution in [2.45, 2.75) is 6.42 Å². The number of hydrogen-bond acceptors (Lipinski definition) is 3. The smallest absolute Gasteiger partial charge is 0.261 e. The van der Waals surface area contributed by atoms with Crippen LogP contribution in [0.4, 0.5) is 14.5 Å². The largest absolute Gasteiger partial charge is 0.493 e. The van der Waals surface area contributed by atoms with Crippen molar-refractivity contribution in [1.82, 2.24) is 4.98 Å². The fourth-order valence-electron chi connectivity index (χ4n) is 2.93. The summed E-state index contributed by atoms with van der Waals surface area (Å²) in [6, 6.07) is 10.2. The molecule has 136 valence electrons. The number of anilines is 1. The van der Waals surface area contributed by atoms with Gasteiger partial charge in [-0.2, -0.15) is 0 Å². The zero-order chi connectivity index (χ0) is 19.0. The molecular weight excluding hydrogens is 374 g/mol. The van der Waals surface area contributed by atoms with Crippen LogP contribution in [0.3, 0.4) is 0 Å². The van der Waals surface area contributed by atoms with Crippen LogP contribution in [-0.2, 0) is 6.42 Å². The maximum absolute atomic E-state index is 13.7. The first-order valence-electron chi connectivity index (χ1n) is 8.20. The summed E-state index contributed by atoms with van der Waals surface area (Å²) in [6.07, 6.45) is 2.22. The number of carbonyl (C=O) groups excluding carboxylic acids is 1. The maximum Gasteiger partial charge on any atom is 0.261 e. The second-order valence-corrected chi connectivity index (χ2v) is 6.43. The molecule has 2 heterocycles. The summed E-state index contributed by atoms with van der Waals surface area (Å²) in [7, 11) is 0.